The van der Waals surface area contributed by atoms with Gasteiger partial charge in [0.15, 0.2) is 0 Å². The smallest absolute Gasteiger partial charge is 0.146 e. The molecule has 0 aliphatic heterocycles. The maximum atomic E-state index is 10.5. The van der Waals surface area contributed by atoms with Crippen LogP contribution in [0.1, 0.15) is 111 Å². The van der Waals surface area contributed by atoms with Crippen molar-refractivity contribution in [3.05, 3.63) is 162 Å². The predicted octanol–water partition coefficient (Wildman–Crippen LogP) is 15.2. The minimum Gasteiger partial charge on any atom is -0.498 e. The van der Waals surface area contributed by atoms with Gasteiger partial charge in [-0.2, -0.15) is 5.26 Å². The molecule has 0 aliphatic rings. The zero-order chi connectivity index (χ0) is 44.4. The Balaban J connectivity index is 0.000000295. The molecule has 6 heteroatoms. The molecule has 0 atom stereocenters. The van der Waals surface area contributed by atoms with Crippen LogP contribution in [-0.4, -0.2) is 14.5 Å². The van der Waals surface area contributed by atoms with E-state index in [1.165, 1.54) is 33.0 Å². The van der Waals surface area contributed by atoms with Crippen molar-refractivity contribution in [2.24, 2.45) is 0 Å². The number of hydrogen-bond donors (Lipinski definition) is 0. The molecule has 0 spiro atoms. The number of nitrogens with zero attached hydrogens (tertiary/aromatic N) is 4. The van der Waals surface area contributed by atoms with E-state index in [4.69, 9.17) is 9.40 Å². The average molecular weight is 1010 g/mol. The minimum atomic E-state index is -0.00711. The van der Waals surface area contributed by atoms with Gasteiger partial charge in [-0.25, -0.2) is 0 Å². The number of furan rings is 1. The van der Waals surface area contributed by atoms with Crippen LogP contribution >= 0.6 is 0 Å². The molecule has 5 aromatic carbocycles. The minimum absolute atomic E-state index is 0. The number of benzene rings is 5. The zero-order valence-electron chi connectivity index (χ0n) is 38.6. The summed E-state index contributed by atoms with van der Waals surface area (Å²) >= 11 is 0. The van der Waals surface area contributed by atoms with Gasteiger partial charge in [-0.15, -0.1) is 54.1 Å². The van der Waals surface area contributed by atoms with Crippen molar-refractivity contribution in [1.82, 2.24) is 14.5 Å². The number of nitriles is 1. The Hall–Kier alpha value is -5.86. The molecule has 321 valence electrons. The van der Waals surface area contributed by atoms with E-state index in [1.807, 2.05) is 67.0 Å². The second kappa shape index (κ2) is 16.7. The van der Waals surface area contributed by atoms with Gasteiger partial charge >= 0.3 is 0 Å². The predicted molar refractivity (Wildman–Crippen MR) is 258 cm³/mol. The van der Waals surface area contributed by atoms with Crippen molar-refractivity contribution < 1.29 is 24.5 Å². The third-order valence-corrected chi connectivity index (χ3v) is 11.9. The summed E-state index contributed by atoms with van der Waals surface area (Å²) < 4.78 is 9.07. The monoisotopic (exact) mass is 1010 g/mol. The molecule has 0 saturated heterocycles. The maximum absolute atomic E-state index is 10.5. The third kappa shape index (κ3) is 8.75. The Kier molecular flexibility index (Phi) is 12.0. The number of rotatable bonds is 3. The van der Waals surface area contributed by atoms with Crippen molar-refractivity contribution in [2.75, 3.05) is 0 Å². The fourth-order valence-electron chi connectivity index (χ4n) is 8.03. The first-order chi connectivity index (χ1) is 29.2. The van der Waals surface area contributed by atoms with Crippen molar-refractivity contribution >= 4 is 43.7 Å². The molecule has 0 N–H and O–H groups in total. The molecule has 4 heterocycles. The van der Waals surface area contributed by atoms with E-state index in [9.17, 15) is 5.26 Å². The largest absolute Gasteiger partial charge is 0.498 e. The van der Waals surface area contributed by atoms with Crippen LogP contribution in [-0.2, 0) is 41.8 Å². The molecule has 5 nitrogen and oxygen atoms in total. The van der Waals surface area contributed by atoms with Gasteiger partial charge in [0.25, 0.3) is 0 Å². The second-order valence-corrected chi connectivity index (χ2v) is 20.6. The van der Waals surface area contributed by atoms with E-state index in [1.54, 1.807) is 0 Å². The summed E-state index contributed by atoms with van der Waals surface area (Å²) in [5.74, 6) is 0. The molecule has 0 saturated carbocycles. The SMILES string of the molecule is CC(C)(C)c1ccc(-c2[c-]ccc3c2oc2c(-n4c5ccc(C(C)(C)C)cc5c5cc(C(C)(C)C)ccc54)c(C#N)ccc23)nc1.CC(C)(C)c1ccc(-c2[c-]cccc2)nc1.[Ir]. The Bertz CT molecular complexity index is 3070. The molecule has 0 fully saturated rings. The van der Waals surface area contributed by atoms with Gasteiger partial charge in [0.05, 0.1) is 22.2 Å². The summed E-state index contributed by atoms with van der Waals surface area (Å²) in [6.07, 6.45) is 3.90. The third-order valence-electron chi connectivity index (χ3n) is 11.9. The van der Waals surface area contributed by atoms with E-state index < -0.39 is 0 Å². The summed E-state index contributed by atoms with van der Waals surface area (Å²) in [6, 6.07) is 46.8. The van der Waals surface area contributed by atoms with Crippen LogP contribution in [0, 0.1) is 23.5 Å². The second-order valence-electron chi connectivity index (χ2n) is 20.6. The zero-order valence-corrected chi connectivity index (χ0v) is 41.0. The van der Waals surface area contributed by atoms with Gasteiger partial charge in [0.1, 0.15) is 17.3 Å². The first-order valence-electron chi connectivity index (χ1n) is 21.5. The molecule has 9 rings (SSSR count). The fourth-order valence-corrected chi connectivity index (χ4v) is 8.03. The number of hydrogen-bond acceptors (Lipinski definition) is 4. The summed E-state index contributed by atoms with van der Waals surface area (Å²) in [5, 5.41) is 14.8. The Morgan fingerprint density at radius 2 is 1.05 bits per heavy atom. The molecular weight excluding hydrogens is 949 g/mol. The molecule has 0 aliphatic carbocycles. The summed E-state index contributed by atoms with van der Waals surface area (Å²) in [6.45, 7) is 26.6. The summed E-state index contributed by atoms with van der Waals surface area (Å²) in [5.41, 5.74) is 13.6. The molecule has 0 amide bonds. The molecular formula is C57H56IrN4O-2. The standard InChI is InChI=1S/C42H40N3O.C15H16N.Ir/c1-40(2,3)26-15-19-35-32(21-26)33-22-27(41(4,5)6)16-20-36(33)45(35)37-25(23-43)13-17-30-29-11-10-12-31(38(29)46-39(30)37)34-18-14-28(24-44-34)42(7,8)9;1-15(2,3)13-9-10-14(16-11-13)12-7-5-4-6-8-12;/h10-11,13-22,24H,1-9H3;4-7,9-11H,1-3H3;/q2*-1;. The molecule has 0 unspecified atom stereocenters. The molecule has 63 heavy (non-hydrogen) atoms. The summed E-state index contributed by atoms with van der Waals surface area (Å²) in [4.78, 5) is 9.31. The normalized spacial score (nSPS) is 12.3. The van der Waals surface area contributed by atoms with Crippen LogP contribution in [0.5, 0.6) is 0 Å². The van der Waals surface area contributed by atoms with Crippen molar-refractivity contribution in [3.63, 3.8) is 0 Å². The van der Waals surface area contributed by atoms with Crippen LogP contribution in [0.4, 0.5) is 0 Å². The average Bonchev–Trinajstić information content (AvgIpc) is 3.78. The summed E-state index contributed by atoms with van der Waals surface area (Å²) in [7, 11) is 0. The van der Waals surface area contributed by atoms with Crippen LogP contribution in [0.25, 0.3) is 71.9 Å². The molecule has 0 bridgehead atoms. The topological polar surface area (TPSA) is 67.6 Å². The van der Waals surface area contributed by atoms with Crippen LogP contribution < -0.4 is 0 Å². The first-order valence-corrected chi connectivity index (χ1v) is 21.5. The van der Waals surface area contributed by atoms with Crippen LogP contribution in [0.15, 0.2) is 126 Å². The Labute approximate surface area is 386 Å². The Morgan fingerprint density at radius 3 is 1.52 bits per heavy atom. The number of pyridine rings is 2. The van der Waals surface area contributed by atoms with E-state index >= 15 is 0 Å². The van der Waals surface area contributed by atoms with E-state index in [2.05, 4.69) is 165 Å². The molecule has 4 aromatic heterocycles. The van der Waals surface area contributed by atoms with Gasteiger partial charge in [0.2, 0.25) is 0 Å². The maximum Gasteiger partial charge on any atom is 0.146 e. The molecule has 1 radical (unpaired) electrons. The van der Waals surface area contributed by atoms with Crippen molar-refractivity contribution in [1.29, 1.82) is 5.26 Å². The van der Waals surface area contributed by atoms with Crippen molar-refractivity contribution in [3.8, 4) is 34.3 Å². The van der Waals surface area contributed by atoms with Crippen LogP contribution in [0.2, 0.25) is 0 Å². The van der Waals surface area contributed by atoms with E-state index in [0.29, 0.717) is 11.1 Å². The van der Waals surface area contributed by atoms with Gasteiger partial charge < -0.3 is 19.0 Å². The van der Waals surface area contributed by atoms with Gasteiger partial charge in [-0.3, -0.25) is 0 Å². The number of fused-ring (bicyclic) bond motifs is 6. The molecule has 9 aromatic rings. The van der Waals surface area contributed by atoms with E-state index in [-0.39, 0.29) is 41.8 Å². The first kappa shape index (κ1) is 45.2. The number of aromatic nitrogens is 3. The quantitative estimate of drug-likeness (QED) is 0.165. The Morgan fingerprint density at radius 1 is 0.524 bits per heavy atom. The van der Waals surface area contributed by atoms with E-state index in [0.717, 1.165) is 55.6 Å². The fraction of sp³-hybridized carbons (Fsp3) is 0.281. The van der Waals surface area contributed by atoms with Gasteiger partial charge in [-0.1, -0.05) is 136 Å². The van der Waals surface area contributed by atoms with Gasteiger partial charge in [0, 0.05) is 48.7 Å². The van der Waals surface area contributed by atoms with Gasteiger partial charge in [-0.05, 0) is 85.6 Å². The van der Waals surface area contributed by atoms with Crippen LogP contribution in [0.3, 0.4) is 0 Å². The van der Waals surface area contributed by atoms with Crippen molar-refractivity contribution in [2.45, 2.75) is 105 Å².